The van der Waals surface area contributed by atoms with E-state index in [2.05, 4.69) is 10.0 Å². The van der Waals surface area contributed by atoms with Gasteiger partial charge in [-0.1, -0.05) is 0 Å². The third kappa shape index (κ3) is 3.92. The molecular weight excluding hydrogens is 296 g/mol. The molecule has 0 aliphatic carbocycles. The molecule has 0 saturated heterocycles. The first-order valence-corrected chi connectivity index (χ1v) is 8.64. The van der Waals surface area contributed by atoms with Crippen LogP contribution >= 0.6 is 11.3 Å². The molecular formula is C13H18N2O3S2. The molecule has 2 rings (SSSR count). The molecule has 0 radical (unpaired) electrons. The number of rotatable bonds is 7. The Morgan fingerprint density at radius 2 is 2.25 bits per heavy atom. The monoisotopic (exact) mass is 314 g/mol. The summed E-state index contributed by atoms with van der Waals surface area (Å²) in [4.78, 5) is 0. The Hall–Kier alpha value is -1.15. The van der Waals surface area contributed by atoms with Crippen LogP contribution in [-0.4, -0.2) is 21.5 Å². The van der Waals surface area contributed by atoms with Crippen LogP contribution in [0.3, 0.4) is 0 Å². The van der Waals surface area contributed by atoms with Crippen LogP contribution in [-0.2, 0) is 23.0 Å². The van der Waals surface area contributed by atoms with Crippen LogP contribution in [0.25, 0.3) is 0 Å². The van der Waals surface area contributed by atoms with Crippen molar-refractivity contribution in [2.75, 3.05) is 7.05 Å². The van der Waals surface area contributed by atoms with Gasteiger partial charge in [0.25, 0.3) is 0 Å². The average molecular weight is 314 g/mol. The highest BCUT2D eigenvalue weighted by Gasteiger charge is 2.20. The van der Waals surface area contributed by atoms with Gasteiger partial charge in [-0.15, -0.1) is 11.3 Å². The van der Waals surface area contributed by atoms with Gasteiger partial charge in [0, 0.05) is 19.0 Å². The number of nitrogens with one attached hydrogen (secondary N) is 2. The fourth-order valence-corrected chi connectivity index (χ4v) is 4.36. The third-order valence-corrected chi connectivity index (χ3v) is 5.80. The summed E-state index contributed by atoms with van der Waals surface area (Å²) in [6.07, 6.45) is 2.11. The standard InChI is InChI=1S/C13H18N2O3S2/c1-10(6-12-4-3-5-18-12)15-20(16,17)13-7-11(8-14-2)9-19-13/h3-5,7,9-10,14-15H,6,8H2,1-2H3. The Labute approximate surface area is 123 Å². The minimum absolute atomic E-state index is 0.221. The smallest absolute Gasteiger partial charge is 0.250 e. The van der Waals surface area contributed by atoms with Crippen molar-refractivity contribution < 1.29 is 12.8 Å². The van der Waals surface area contributed by atoms with E-state index in [1.54, 1.807) is 18.4 Å². The zero-order valence-electron chi connectivity index (χ0n) is 11.4. The molecule has 1 atom stereocenters. The molecule has 0 fully saturated rings. The van der Waals surface area contributed by atoms with E-state index in [4.69, 9.17) is 4.42 Å². The summed E-state index contributed by atoms with van der Waals surface area (Å²) < 4.78 is 32.7. The summed E-state index contributed by atoms with van der Waals surface area (Å²) in [7, 11) is -1.63. The number of furan rings is 1. The summed E-state index contributed by atoms with van der Waals surface area (Å²) in [6, 6.07) is 5.10. The second-order valence-corrected chi connectivity index (χ2v) is 7.46. The van der Waals surface area contributed by atoms with Crippen molar-refractivity contribution in [1.29, 1.82) is 0 Å². The predicted octanol–water partition coefficient (Wildman–Crippen LogP) is 1.97. The molecule has 7 heteroatoms. The van der Waals surface area contributed by atoms with Crippen LogP contribution in [0.2, 0.25) is 0 Å². The number of thiophene rings is 1. The largest absolute Gasteiger partial charge is 0.469 e. The maximum atomic E-state index is 12.2. The Morgan fingerprint density at radius 3 is 2.90 bits per heavy atom. The van der Waals surface area contributed by atoms with Crippen LogP contribution in [0.1, 0.15) is 18.2 Å². The minimum atomic E-state index is -3.46. The molecule has 0 amide bonds. The number of sulfonamides is 1. The zero-order valence-corrected chi connectivity index (χ0v) is 13.1. The second-order valence-electron chi connectivity index (χ2n) is 4.61. The zero-order chi connectivity index (χ0) is 14.6. The van der Waals surface area contributed by atoms with Gasteiger partial charge in [-0.05, 0) is 43.1 Å². The van der Waals surface area contributed by atoms with Crippen LogP contribution in [0.15, 0.2) is 38.5 Å². The quantitative estimate of drug-likeness (QED) is 0.819. The van der Waals surface area contributed by atoms with E-state index in [0.717, 1.165) is 11.3 Å². The highest BCUT2D eigenvalue weighted by molar-refractivity contribution is 7.91. The molecule has 0 aromatic carbocycles. The van der Waals surface area contributed by atoms with Crippen molar-refractivity contribution in [1.82, 2.24) is 10.0 Å². The summed E-state index contributed by atoms with van der Waals surface area (Å²) in [5, 5.41) is 4.85. The Kier molecular flexibility index (Phi) is 4.98. The van der Waals surface area contributed by atoms with E-state index < -0.39 is 10.0 Å². The van der Waals surface area contributed by atoms with Gasteiger partial charge < -0.3 is 9.73 Å². The first-order chi connectivity index (χ1) is 9.51. The van der Waals surface area contributed by atoms with Crippen molar-refractivity contribution >= 4 is 21.4 Å². The van der Waals surface area contributed by atoms with E-state index >= 15 is 0 Å². The van der Waals surface area contributed by atoms with Crippen LogP contribution in [0.5, 0.6) is 0 Å². The molecule has 2 heterocycles. The average Bonchev–Trinajstić information content (AvgIpc) is 3.00. The van der Waals surface area contributed by atoms with E-state index in [1.807, 2.05) is 25.4 Å². The SMILES string of the molecule is CNCc1csc(S(=O)(=O)NC(C)Cc2ccco2)c1. The molecule has 2 N–H and O–H groups in total. The molecule has 110 valence electrons. The van der Waals surface area contributed by atoms with Crippen molar-refractivity contribution in [3.8, 4) is 0 Å². The third-order valence-electron chi connectivity index (χ3n) is 2.72. The second kappa shape index (κ2) is 6.53. The normalized spacial score (nSPS) is 13.5. The van der Waals surface area contributed by atoms with E-state index in [1.165, 1.54) is 11.3 Å². The van der Waals surface area contributed by atoms with Crippen molar-refractivity contribution in [2.45, 2.75) is 30.1 Å². The molecule has 0 bridgehead atoms. The predicted molar refractivity (Wildman–Crippen MR) is 79.3 cm³/mol. The lowest BCUT2D eigenvalue weighted by Gasteiger charge is -2.11. The molecule has 0 saturated carbocycles. The number of hydrogen-bond donors (Lipinski definition) is 2. The summed E-state index contributed by atoms with van der Waals surface area (Å²) in [5.41, 5.74) is 0.969. The van der Waals surface area contributed by atoms with Gasteiger partial charge in [0.05, 0.1) is 6.26 Å². The molecule has 2 aromatic rings. The fourth-order valence-electron chi connectivity index (χ4n) is 1.89. The fraction of sp³-hybridized carbons (Fsp3) is 0.385. The van der Waals surface area contributed by atoms with Gasteiger partial charge in [0.15, 0.2) is 0 Å². The summed E-state index contributed by atoms with van der Waals surface area (Å²) in [6.45, 7) is 2.48. The molecule has 0 spiro atoms. The van der Waals surface area contributed by atoms with Gasteiger partial charge in [-0.3, -0.25) is 0 Å². The van der Waals surface area contributed by atoms with E-state index in [9.17, 15) is 8.42 Å². The molecule has 0 aliphatic heterocycles. The van der Waals surface area contributed by atoms with Crippen molar-refractivity contribution in [2.24, 2.45) is 0 Å². The summed E-state index contributed by atoms with van der Waals surface area (Å²) >= 11 is 1.23. The van der Waals surface area contributed by atoms with Gasteiger partial charge in [-0.2, -0.15) is 0 Å². The van der Waals surface area contributed by atoms with Crippen LogP contribution in [0, 0.1) is 0 Å². The summed E-state index contributed by atoms with van der Waals surface area (Å²) in [5.74, 6) is 0.766. The highest BCUT2D eigenvalue weighted by Crippen LogP contribution is 2.20. The Morgan fingerprint density at radius 1 is 1.45 bits per heavy atom. The molecule has 0 aliphatic rings. The van der Waals surface area contributed by atoms with Gasteiger partial charge in [-0.25, -0.2) is 13.1 Å². The first-order valence-electron chi connectivity index (χ1n) is 6.28. The molecule has 20 heavy (non-hydrogen) atoms. The molecule has 1 unspecified atom stereocenters. The Bertz CT molecular complexity index is 632. The van der Waals surface area contributed by atoms with E-state index in [-0.39, 0.29) is 6.04 Å². The minimum Gasteiger partial charge on any atom is -0.469 e. The van der Waals surface area contributed by atoms with Gasteiger partial charge >= 0.3 is 0 Å². The molecule has 5 nitrogen and oxygen atoms in total. The van der Waals surface area contributed by atoms with Gasteiger partial charge in [0.2, 0.25) is 10.0 Å². The lowest BCUT2D eigenvalue weighted by atomic mass is 10.2. The highest BCUT2D eigenvalue weighted by atomic mass is 32.2. The molecule has 2 aromatic heterocycles. The maximum absolute atomic E-state index is 12.2. The van der Waals surface area contributed by atoms with Crippen LogP contribution < -0.4 is 10.0 Å². The van der Waals surface area contributed by atoms with E-state index in [0.29, 0.717) is 17.2 Å². The van der Waals surface area contributed by atoms with Crippen LogP contribution in [0.4, 0.5) is 0 Å². The maximum Gasteiger partial charge on any atom is 0.250 e. The number of hydrogen-bond acceptors (Lipinski definition) is 5. The van der Waals surface area contributed by atoms with Crippen molar-refractivity contribution in [3.63, 3.8) is 0 Å². The Balaban J connectivity index is 2.02. The topological polar surface area (TPSA) is 71.3 Å². The lowest BCUT2D eigenvalue weighted by molar-refractivity contribution is 0.479. The lowest BCUT2D eigenvalue weighted by Crippen LogP contribution is -2.33. The first kappa shape index (κ1) is 15.2. The van der Waals surface area contributed by atoms with Crippen molar-refractivity contribution in [3.05, 3.63) is 41.2 Å². The van der Waals surface area contributed by atoms with Gasteiger partial charge in [0.1, 0.15) is 9.97 Å².